The van der Waals surface area contributed by atoms with E-state index in [1.165, 1.54) is 27.8 Å². The molecule has 8 heteroatoms. The molecule has 156 valence electrons. The highest BCUT2D eigenvalue weighted by Crippen LogP contribution is 2.31. The predicted octanol–water partition coefficient (Wildman–Crippen LogP) is 4.36. The van der Waals surface area contributed by atoms with Crippen molar-refractivity contribution in [3.8, 4) is 5.75 Å². The first-order chi connectivity index (χ1) is 13.9. The van der Waals surface area contributed by atoms with Crippen LogP contribution in [0.2, 0.25) is 0 Å². The van der Waals surface area contributed by atoms with Gasteiger partial charge in [0.1, 0.15) is 5.75 Å². The van der Waals surface area contributed by atoms with Crippen molar-refractivity contribution in [2.45, 2.75) is 44.1 Å². The van der Waals surface area contributed by atoms with Crippen molar-refractivity contribution in [1.82, 2.24) is 4.31 Å². The summed E-state index contributed by atoms with van der Waals surface area (Å²) in [6.07, 6.45) is 5.81. The van der Waals surface area contributed by atoms with Crippen LogP contribution in [0.3, 0.4) is 0 Å². The van der Waals surface area contributed by atoms with Gasteiger partial charge in [0, 0.05) is 24.0 Å². The van der Waals surface area contributed by atoms with Crippen LogP contribution in [0, 0.1) is 0 Å². The summed E-state index contributed by atoms with van der Waals surface area (Å²) in [4.78, 5) is 13.5. The van der Waals surface area contributed by atoms with Gasteiger partial charge in [0.2, 0.25) is 15.9 Å². The molecular weight excluding hydrogens is 408 g/mol. The zero-order chi connectivity index (χ0) is 20.9. The van der Waals surface area contributed by atoms with Crippen LogP contribution in [0.4, 0.5) is 5.69 Å². The van der Waals surface area contributed by atoms with Crippen molar-refractivity contribution in [2.75, 3.05) is 18.4 Å². The molecule has 0 saturated carbocycles. The van der Waals surface area contributed by atoms with E-state index in [-0.39, 0.29) is 16.9 Å². The number of carbonyl (C=O) groups excluding carboxylic acids is 1. The number of nitrogens with one attached hydrogen (secondary N) is 1. The molecule has 1 aliphatic heterocycles. The minimum Gasteiger partial charge on any atom is -0.489 e. The lowest BCUT2D eigenvalue weighted by Gasteiger charge is -2.26. The molecule has 3 rings (SSSR count). The number of amides is 1. The third kappa shape index (κ3) is 5.68. The fourth-order valence-electron chi connectivity index (χ4n) is 3.10. The van der Waals surface area contributed by atoms with Crippen LogP contribution >= 0.6 is 11.3 Å². The lowest BCUT2D eigenvalue weighted by molar-refractivity contribution is -0.111. The van der Waals surface area contributed by atoms with Crippen molar-refractivity contribution < 1.29 is 17.9 Å². The number of hydrogen-bond donors (Lipinski definition) is 1. The van der Waals surface area contributed by atoms with Crippen molar-refractivity contribution >= 4 is 39.0 Å². The van der Waals surface area contributed by atoms with Crippen molar-refractivity contribution in [2.24, 2.45) is 0 Å². The number of anilines is 1. The first kappa shape index (κ1) is 21.5. The molecule has 6 nitrogen and oxygen atoms in total. The van der Waals surface area contributed by atoms with E-state index in [1.807, 2.05) is 31.4 Å². The standard InChI is InChI=1S/C21H26N2O4S2/c1-16(2)27-20-10-9-18(29(25,26)23-12-4-3-5-13-23)15-19(20)22-21(24)11-8-17-7-6-14-28-17/h6-11,14-16H,3-5,12-13H2,1-2H3,(H,22,24). The fraction of sp³-hybridized carbons (Fsp3) is 0.381. The van der Waals surface area contributed by atoms with Gasteiger partial charge in [0.25, 0.3) is 0 Å². The van der Waals surface area contributed by atoms with Crippen LogP contribution in [0.5, 0.6) is 5.75 Å². The maximum Gasteiger partial charge on any atom is 0.248 e. The fourth-order valence-corrected chi connectivity index (χ4v) is 5.26. The molecule has 0 atom stereocenters. The summed E-state index contributed by atoms with van der Waals surface area (Å²) in [7, 11) is -3.60. The number of rotatable bonds is 7. The molecule has 0 radical (unpaired) electrons. The maximum atomic E-state index is 13.0. The molecule has 0 unspecified atom stereocenters. The highest BCUT2D eigenvalue weighted by Gasteiger charge is 2.27. The molecular formula is C21H26N2O4S2. The van der Waals surface area contributed by atoms with Crippen molar-refractivity contribution in [1.29, 1.82) is 0 Å². The minimum absolute atomic E-state index is 0.114. The summed E-state index contributed by atoms with van der Waals surface area (Å²) >= 11 is 1.53. The molecule has 1 N–H and O–H groups in total. The summed E-state index contributed by atoms with van der Waals surface area (Å²) in [6.45, 7) is 4.80. The lowest BCUT2D eigenvalue weighted by Crippen LogP contribution is -2.35. The van der Waals surface area contributed by atoms with E-state index in [0.717, 1.165) is 24.1 Å². The Balaban J connectivity index is 1.86. The topological polar surface area (TPSA) is 75.7 Å². The van der Waals surface area contributed by atoms with Gasteiger partial charge in [-0.3, -0.25) is 4.79 Å². The molecule has 1 amide bonds. The van der Waals surface area contributed by atoms with Gasteiger partial charge >= 0.3 is 0 Å². The van der Waals surface area contributed by atoms with Gasteiger partial charge in [0.15, 0.2) is 0 Å². The number of nitrogens with zero attached hydrogens (tertiary/aromatic N) is 1. The van der Waals surface area contributed by atoms with E-state index in [4.69, 9.17) is 4.74 Å². The summed E-state index contributed by atoms with van der Waals surface area (Å²) in [5, 5.41) is 4.70. The predicted molar refractivity (Wildman–Crippen MR) is 117 cm³/mol. The van der Waals surface area contributed by atoms with Gasteiger partial charge in [-0.15, -0.1) is 11.3 Å². The van der Waals surface area contributed by atoms with E-state index < -0.39 is 10.0 Å². The van der Waals surface area contributed by atoms with Gasteiger partial charge in [0.05, 0.1) is 16.7 Å². The Morgan fingerprint density at radius 1 is 1.21 bits per heavy atom. The molecule has 0 bridgehead atoms. The molecule has 1 saturated heterocycles. The molecule has 1 fully saturated rings. The third-order valence-corrected chi connectivity index (χ3v) is 7.20. The second-order valence-electron chi connectivity index (χ2n) is 7.13. The Bertz CT molecular complexity index is 961. The average Bonchev–Trinajstić information content (AvgIpc) is 3.21. The minimum atomic E-state index is -3.60. The third-order valence-electron chi connectivity index (χ3n) is 4.47. The lowest BCUT2D eigenvalue weighted by atomic mass is 10.2. The smallest absolute Gasteiger partial charge is 0.248 e. The number of carbonyl (C=O) groups is 1. The molecule has 29 heavy (non-hydrogen) atoms. The summed E-state index contributed by atoms with van der Waals surface area (Å²) < 4.78 is 33.3. The van der Waals surface area contributed by atoms with Crippen LogP contribution in [-0.4, -0.2) is 37.8 Å². The molecule has 1 aromatic carbocycles. The summed E-state index contributed by atoms with van der Waals surface area (Å²) in [5.41, 5.74) is 0.345. The number of piperidine rings is 1. The van der Waals surface area contributed by atoms with Crippen LogP contribution < -0.4 is 10.1 Å². The maximum absolute atomic E-state index is 13.0. The highest BCUT2D eigenvalue weighted by atomic mass is 32.2. The second-order valence-corrected chi connectivity index (χ2v) is 10.0. The molecule has 2 aromatic rings. The largest absolute Gasteiger partial charge is 0.489 e. The number of ether oxygens (including phenoxy) is 1. The van der Waals surface area contributed by atoms with Gasteiger partial charge in [-0.25, -0.2) is 8.42 Å². The van der Waals surface area contributed by atoms with Gasteiger partial charge < -0.3 is 10.1 Å². The molecule has 2 heterocycles. The van der Waals surface area contributed by atoms with E-state index in [1.54, 1.807) is 18.2 Å². The van der Waals surface area contributed by atoms with Crippen LogP contribution in [0.1, 0.15) is 38.0 Å². The van der Waals surface area contributed by atoms with Crippen molar-refractivity contribution in [3.63, 3.8) is 0 Å². The van der Waals surface area contributed by atoms with E-state index >= 15 is 0 Å². The Kier molecular flexibility index (Phi) is 7.10. The normalized spacial score (nSPS) is 15.7. The average molecular weight is 435 g/mol. The molecule has 0 spiro atoms. The van der Waals surface area contributed by atoms with Crippen molar-refractivity contribution in [3.05, 3.63) is 46.7 Å². The number of hydrogen-bond acceptors (Lipinski definition) is 5. The van der Waals surface area contributed by atoms with E-state index in [9.17, 15) is 13.2 Å². The van der Waals surface area contributed by atoms with Gasteiger partial charge in [-0.2, -0.15) is 4.31 Å². The van der Waals surface area contributed by atoms with E-state index in [0.29, 0.717) is 24.5 Å². The van der Waals surface area contributed by atoms with E-state index in [2.05, 4.69) is 5.32 Å². The first-order valence-electron chi connectivity index (χ1n) is 9.70. The Morgan fingerprint density at radius 3 is 2.62 bits per heavy atom. The summed E-state index contributed by atoms with van der Waals surface area (Å²) in [6, 6.07) is 8.45. The number of thiophene rings is 1. The molecule has 1 aromatic heterocycles. The monoisotopic (exact) mass is 434 g/mol. The first-order valence-corrected chi connectivity index (χ1v) is 12.0. The Labute approximate surface area is 176 Å². The summed E-state index contributed by atoms with van der Waals surface area (Å²) in [5.74, 6) is 0.0926. The quantitative estimate of drug-likeness (QED) is 0.657. The molecule has 0 aliphatic carbocycles. The Morgan fingerprint density at radius 2 is 1.97 bits per heavy atom. The highest BCUT2D eigenvalue weighted by molar-refractivity contribution is 7.89. The number of sulfonamides is 1. The molecule has 1 aliphatic rings. The number of benzene rings is 1. The van der Waals surface area contributed by atoms with Gasteiger partial charge in [-0.1, -0.05) is 12.5 Å². The SMILES string of the molecule is CC(C)Oc1ccc(S(=O)(=O)N2CCCCC2)cc1NC(=O)C=Cc1cccs1. The zero-order valence-electron chi connectivity index (χ0n) is 16.6. The van der Waals surface area contributed by atoms with Crippen LogP contribution in [0.15, 0.2) is 46.7 Å². The van der Waals surface area contributed by atoms with Crippen LogP contribution in [-0.2, 0) is 14.8 Å². The van der Waals surface area contributed by atoms with Crippen LogP contribution in [0.25, 0.3) is 6.08 Å². The van der Waals surface area contributed by atoms with Gasteiger partial charge in [-0.05, 0) is 62.4 Å². The second kappa shape index (κ2) is 9.56. The Hall–Kier alpha value is -2.16. The zero-order valence-corrected chi connectivity index (χ0v) is 18.3.